The highest BCUT2D eigenvalue weighted by atomic mass is 19.1. The third kappa shape index (κ3) is 2.69. The summed E-state index contributed by atoms with van der Waals surface area (Å²) < 4.78 is 13.1. The van der Waals surface area contributed by atoms with Crippen molar-refractivity contribution in [3.63, 3.8) is 0 Å². The van der Waals surface area contributed by atoms with E-state index in [0.717, 1.165) is 42.6 Å². The lowest BCUT2D eigenvalue weighted by molar-refractivity contribution is -0.122. The molecule has 4 aliphatic carbocycles. The van der Waals surface area contributed by atoms with Gasteiger partial charge < -0.3 is 5.32 Å². The Morgan fingerprint density at radius 3 is 2.36 bits per heavy atom. The van der Waals surface area contributed by atoms with E-state index in [1.165, 1.54) is 31.4 Å². The van der Waals surface area contributed by atoms with Crippen molar-refractivity contribution < 1.29 is 9.18 Å². The van der Waals surface area contributed by atoms with Crippen molar-refractivity contribution in [2.24, 2.45) is 17.8 Å². The summed E-state index contributed by atoms with van der Waals surface area (Å²) in [6.45, 7) is 0. The van der Waals surface area contributed by atoms with Crippen LogP contribution in [0.1, 0.15) is 44.1 Å². The predicted molar refractivity (Wildman–Crippen MR) is 84.5 cm³/mol. The molecular formula is C19H22FNO. The second-order valence-corrected chi connectivity index (χ2v) is 7.58. The third-order valence-corrected chi connectivity index (χ3v) is 5.70. The summed E-state index contributed by atoms with van der Waals surface area (Å²) in [6.07, 6.45) is 10.8. The minimum Gasteiger partial charge on any atom is -0.347 e. The van der Waals surface area contributed by atoms with Crippen LogP contribution >= 0.6 is 0 Å². The number of carbonyl (C=O) groups excluding carboxylic acids is 1. The Morgan fingerprint density at radius 1 is 1.14 bits per heavy atom. The lowest BCUT2D eigenvalue weighted by Crippen LogP contribution is -2.59. The number of hydrogen-bond donors (Lipinski definition) is 1. The molecule has 0 radical (unpaired) electrons. The summed E-state index contributed by atoms with van der Waals surface area (Å²) in [5.74, 6) is 2.14. The highest BCUT2D eigenvalue weighted by Crippen LogP contribution is 2.55. The first-order valence-corrected chi connectivity index (χ1v) is 8.36. The normalized spacial score (nSPS) is 36.0. The summed E-state index contributed by atoms with van der Waals surface area (Å²) in [5.41, 5.74) is 0.763. The van der Waals surface area contributed by atoms with E-state index in [2.05, 4.69) is 5.32 Å². The van der Waals surface area contributed by atoms with Gasteiger partial charge in [0.15, 0.2) is 0 Å². The number of carbonyl (C=O) groups is 1. The van der Waals surface area contributed by atoms with Gasteiger partial charge in [-0.3, -0.25) is 4.79 Å². The molecule has 1 N–H and O–H groups in total. The van der Waals surface area contributed by atoms with Crippen LogP contribution in [0, 0.1) is 23.6 Å². The number of benzene rings is 1. The van der Waals surface area contributed by atoms with Gasteiger partial charge in [0.2, 0.25) is 5.91 Å². The quantitative estimate of drug-likeness (QED) is 0.842. The van der Waals surface area contributed by atoms with Crippen LogP contribution in [0.3, 0.4) is 0 Å². The molecule has 4 saturated carbocycles. The topological polar surface area (TPSA) is 29.1 Å². The molecule has 0 spiro atoms. The molecule has 2 nitrogen and oxygen atoms in total. The molecule has 22 heavy (non-hydrogen) atoms. The summed E-state index contributed by atoms with van der Waals surface area (Å²) >= 11 is 0. The van der Waals surface area contributed by atoms with Crippen LogP contribution in [0.2, 0.25) is 0 Å². The van der Waals surface area contributed by atoms with Crippen LogP contribution in [-0.2, 0) is 4.79 Å². The van der Waals surface area contributed by atoms with Gasteiger partial charge in [-0.05, 0) is 80.1 Å². The molecule has 0 unspecified atom stereocenters. The van der Waals surface area contributed by atoms with Crippen molar-refractivity contribution in [2.75, 3.05) is 0 Å². The van der Waals surface area contributed by atoms with Gasteiger partial charge in [-0.15, -0.1) is 0 Å². The average molecular weight is 299 g/mol. The Balaban J connectivity index is 1.44. The van der Waals surface area contributed by atoms with Crippen molar-refractivity contribution in [1.29, 1.82) is 0 Å². The molecule has 4 fully saturated rings. The molecule has 4 bridgehead atoms. The van der Waals surface area contributed by atoms with Gasteiger partial charge in [0, 0.05) is 11.6 Å². The SMILES string of the molecule is O=C(/C=C/c1cccc(F)c1)NC12CC3CC(CC(C3)C1)C2. The van der Waals surface area contributed by atoms with Crippen LogP contribution in [-0.4, -0.2) is 11.4 Å². The maximum atomic E-state index is 13.1. The van der Waals surface area contributed by atoms with Crippen LogP contribution in [0.15, 0.2) is 30.3 Å². The summed E-state index contributed by atoms with van der Waals surface area (Å²) in [5, 5.41) is 3.29. The van der Waals surface area contributed by atoms with Crippen LogP contribution in [0.25, 0.3) is 6.08 Å². The molecule has 3 heteroatoms. The van der Waals surface area contributed by atoms with Gasteiger partial charge in [-0.2, -0.15) is 0 Å². The van der Waals surface area contributed by atoms with Crippen molar-refractivity contribution in [3.05, 3.63) is 41.7 Å². The van der Waals surface area contributed by atoms with E-state index in [1.807, 2.05) is 0 Å². The third-order valence-electron chi connectivity index (χ3n) is 5.70. The molecule has 0 saturated heterocycles. The minimum absolute atomic E-state index is 0.0359. The number of nitrogens with one attached hydrogen (secondary N) is 1. The van der Waals surface area contributed by atoms with E-state index in [0.29, 0.717) is 0 Å². The van der Waals surface area contributed by atoms with Crippen LogP contribution < -0.4 is 5.32 Å². The van der Waals surface area contributed by atoms with Crippen molar-refractivity contribution in [1.82, 2.24) is 5.32 Å². The minimum atomic E-state index is -0.274. The van der Waals surface area contributed by atoms with Gasteiger partial charge >= 0.3 is 0 Å². The molecular weight excluding hydrogens is 277 g/mol. The fourth-order valence-corrected chi connectivity index (χ4v) is 5.35. The van der Waals surface area contributed by atoms with Crippen molar-refractivity contribution >= 4 is 12.0 Å². The average Bonchev–Trinajstić information content (AvgIpc) is 2.43. The molecule has 116 valence electrons. The van der Waals surface area contributed by atoms with E-state index >= 15 is 0 Å². The lowest BCUT2D eigenvalue weighted by atomic mass is 9.53. The van der Waals surface area contributed by atoms with Gasteiger partial charge in [0.05, 0.1) is 0 Å². The largest absolute Gasteiger partial charge is 0.347 e. The van der Waals surface area contributed by atoms with Gasteiger partial charge in [-0.25, -0.2) is 4.39 Å². The number of amides is 1. The van der Waals surface area contributed by atoms with E-state index in [4.69, 9.17) is 0 Å². The van der Waals surface area contributed by atoms with Gasteiger partial charge in [0.1, 0.15) is 5.82 Å². The van der Waals surface area contributed by atoms with E-state index < -0.39 is 0 Å². The molecule has 5 rings (SSSR count). The Kier molecular flexibility index (Phi) is 3.32. The number of hydrogen-bond acceptors (Lipinski definition) is 1. The maximum absolute atomic E-state index is 13.1. The zero-order valence-corrected chi connectivity index (χ0v) is 12.7. The first-order valence-electron chi connectivity index (χ1n) is 8.36. The standard InChI is InChI=1S/C19H22FNO/c20-17-3-1-2-13(9-17)4-5-18(22)21-19-10-14-6-15(11-19)8-16(7-14)12-19/h1-5,9,14-16H,6-8,10-12H2,(H,21,22)/b5-4+. The molecule has 0 aromatic heterocycles. The van der Waals surface area contributed by atoms with Gasteiger partial charge in [0.25, 0.3) is 0 Å². The summed E-state index contributed by atoms with van der Waals surface area (Å²) in [7, 11) is 0. The first-order chi connectivity index (χ1) is 10.6. The maximum Gasteiger partial charge on any atom is 0.244 e. The van der Waals surface area contributed by atoms with Crippen LogP contribution in [0.4, 0.5) is 4.39 Å². The second kappa shape index (κ2) is 5.22. The summed E-state index contributed by atoms with van der Waals surface area (Å²) in [4.78, 5) is 12.3. The van der Waals surface area contributed by atoms with E-state index in [1.54, 1.807) is 24.3 Å². The fourth-order valence-electron chi connectivity index (χ4n) is 5.35. The second-order valence-electron chi connectivity index (χ2n) is 7.58. The molecule has 1 aromatic rings. The monoisotopic (exact) mass is 299 g/mol. The Hall–Kier alpha value is -1.64. The molecule has 0 aliphatic heterocycles. The molecule has 0 atom stereocenters. The Morgan fingerprint density at radius 2 is 1.77 bits per heavy atom. The smallest absolute Gasteiger partial charge is 0.244 e. The highest BCUT2D eigenvalue weighted by molar-refractivity contribution is 5.92. The Bertz CT molecular complexity index is 586. The van der Waals surface area contributed by atoms with Gasteiger partial charge in [-0.1, -0.05) is 12.1 Å². The fraction of sp³-hybridized carbons (Fsp3) is 0.526. The molecule has 1 aromatic carbocycles. The zero-order valence-electron chi connectivity index (χ0n) is 12.7. The van der Waals surface area contributed by atoms with Crippen molar-refractivity contribution in [2.45, 2.75) is 44.1 Å². The van der Waals surface area contributed by atoms with Crippen molar-refractivity contribution in [3.8, 4) is 0 Å². The molecule has 1 amide bonds. The number of halogens is 1. The lowest BCUT2D eigenvalue weighted by Gasteiger charge is -2.56. The van der Waals surface area contributed by atoms with Crippen LogP contribution in [0.5, 0.6) is 0 Å². The highest BCUT2D eigenvalue weighted by Gasteiger charge is 2.51. The first kappa shape index (κ1) is 14.0. The Labute approximate surface area is 130 Å². The predicted octanol–water partition coefficient (Wildman–Crippen LogP) is 3.92. The number of rotatable bonds is 3. The van der Waals surface area contributed by atoms with E-state index in [-0.39, 0.29) is 17.3 Å². The molecule has 4 aliphatic rings. The molecule has 0 heterocycles. The summed E-state index contributed by atoms with van der Waals surface area (Å²) in [6, 6.07) is 6.31. The van der Waals surface area contributed by atoms with E-state index in [9.17, 15) is 9.18 Å². The zero-order chi connectivity index (χ0) is 15.2.